The highest BCUT2D eigenvalue weighted by Crippen LogP contribution is 2.26. The lowest BCUT2D eigenvalue weighted by molar-refractivity contribution is 0.00681. The van der Waals surface area contributed by atoms with Gasteiger partial charge in [0.05, 0.1) is 18.1 Å². The third-order valence-corrected chi connectivity index (χ3v) is 2.83. The van der Waals surface area contributed by atoms with Gasteiger partial charge >= 0.3 is 0 Å². The Morgan fingerprint density at radius 3 is 2.75 bits per heavy atom. The van der Waals surface area contributed by atoms with Gasteiger partial charge in [0.1, 0.15) is 0 Å². The molecule has 16 heavy (non-hydrogen) atoms. The highest BCUT2D eigenvalue weighted by atomic mass is 16.5. The minimum Gasteiger partial charge on any atom is -0.472 e. The first kappa shape index (κ1) is 13.3. The van der Waals surface area contributed by atoms with Gasteiger partial charge in [0.2, 0.25) is 0 Å². The van der Waals surface area contributed by atoms with Crippen molar-refractivity contribution in [3.05, 3.63) is 24.2 Å². The average Bonchev–Trinajstić information content (AvgIpc) is 2.77. The van der Waals surface area contributed by atoms with Crippen LogP contribution in [-0.2, 0) is 4.74 Å². The van der Waals surface area contributed by atoms with Gasteiger partial charge in [0, 0.05) is 18.7 Å². The summed E-state index contributed by atoms with van der Waals surface area (Å²) in [6, 6.07) is 2.31. The second-order valence-electron chi connectivity index (χ2n) is 4.73. The quantitative estimate of drug-likeness (QED) is 0.774. The average molecular weight is 225 g/mol. The number of ether oxygens (including phenoxy) is 1. The Labute approximate surface area is 98.2 Å². The van der Waals surface area contributed by atoms with Gasteiger partial charge in [-0.25, -0.2) is 0 Å². The monoisotopic (exact) mass is 225 g/mol. The number of hydrogen-bond acceptors (Lipinski definition) is 3. The maximum absolute atomic E-state index is 5.48. The Morgan fingerprint density at radius 1 is 1.50 bits per heavy atom. The van der Waals surface area contributed by atoms with E-state index in [1.807, 2.05) is 6.07 Å². The Hall–Kier alpha value is -0.800. The molecule has 0 saturated carbocycles. The fraction of sp³-hybridized carbons (Fsp3) is 0.692. The zero-order valence-electron chi connectivity index (χ0n) is 10.7. The van der Waals surface area contributed by atoms with E-state index >= 15 is 0 Å². The fourth-order valence-corrected chi connectivity index (χ4v) is 1.67. The van der Waals surface area contributed by atoms with E-state index in [-0.39, 0.29) is 5.60 Å². The SMILES string of the molecule is CCCNC(CC(C)(C)OC)c1ccoc1. The molecule has 0 saturated heterocycles. The van der Waals surface area contributed by atoms with Crippen LogP contribution in [-0.4, -0.2) is 19.3 Å². The van der Waals surface area contributed by atoms with Crippen LogP contribution in [0.4, 0.5) is 0 Å². The second-order valence-corrected chi connectivity index (χ2v) is 4.73. The number of hydrogen-bond donors (Lipinski definition) is 1. The number of methoxy groups -OCH3 is 1. The maximum atomic E-state index is 5.48. The van der Waals surface area contributed by atoms with Crippen LogP contribution in [0.5, 0.6) is 0 Å². The van der Waals surface area contributed by atoms with Crippen LogP contribution in [0.15, 0.2) is 23.0 Å². The van der Waals surface area contributed by atoms with Gasteiger partial charge < -0.3 is 14.5 Å². The predicted octanol–water partition coefficient (Wildman–Crippen LogP) is 3.14. The van der Waals surface area contributed by atoms with Gasteiger partial charge in [0.25, 0.3) is 0 Å². The van der Waals surface area contributed by atoms with E-state index in [9.17, 15) is 0 Å². The summed E-state index contributed by atoms with van der Waals surface area (Å²) in [7, 11) is 1.76. The molecule has 1 aromatic rings. The predicted molar refractivity (Wildman–Crippen MR) is 65.4 cm³/mol. The Balaban J connectivity index is 2.65. The summed E-state index contributed by atoms with van der Waals surface area (Å²) < 4.78 is 10.6. The molecule has 0 fully saturated rings. The maximum Gasteiger partial charge on any atom is 0.0950 e. The molecule has 1 unspecified atom stereocenters. The molecule has 0 bridgehead atoms. The summed E-state index contributed by atoms with van der Waals surface area (Å²) in [6.45, 7) is 7.39. The third-order valence-electron chi connectivity index (χ3n) is 2.83. The zero-order chi connectivity index (χ0) is 12.0. The molecular weight excluding hydrogens is 202 g/mol. The van der Waals surface area contributed by atoms with Crippen LogP contribution in [0.25, 0.3) is 0 Å². The van der Waals surface area contributed by atoms with Crippen LogP contribution < -0.4 is 5.32 Å². The topological polar surface area (TPSA) is 34.4 Å². The van der Waals surface area contributed by atoms with Crippen molar-refractivity contribution >= 4 is 0 Å². The smallest absolute Gasteiger partial charge is 0.0950 e. The lowest BCUT2D eigenvalue weighted by Crippen LogP contribution is -2.32. The molecule has 1 aromatic heterocycles. The molecule has 0 radical (unpaired) electrons. The summed E-state index contributed by atoms with van der Waals surface area (Å²) in [5.41, 5.74) is 1.07. The normalized spacial score (nSPS) is 14.0. The molecule has 0 aliphatic carbocycles. The Bertz CT molecular complexity index is 280. The summed E-state index contributed by atoms with van der Waals surface area (Å²) in [4.78, 5) is 0. The van der Waals surface area contributed by atoms with Crippen molar-refractivity contribution in [3.8, 4) is 0 Å². The molecular formula is C13H23NO2. The van der Waals surface area contributed by atoms with Crippen LogP contribution in [0, 0.1) is 0 Å². The zero-order valence-corrected chi connectivity index (χ0v) is 10.7. The molecule has 1 heterocycles. The van der Waals surface area contributed by atoms with Crippen molar-refractivity contribution in [3.63, 3.8) is 0 Å². The first-order chi connectivity index (χ1) is 7.59. The molecule has 0 aliphatic rings. The summed E-state index contributed by atoms with van der Waals surface area (Å²) in [6.07, 6.45) is 5.58. The van der Waals surface area contributed by atoms with Crippen molar-refractivity contribution < 1.29 is 9.15 Å². The summed E-state index contributed by atoms with van der Waals surface area (Å²) in [5, 5.41) is 3.52. The van der Waals surface area contributed by atoms with Crippen molar-refractivity contribution in [1.29, 1.82) is 0 Å². The molecule has 3 heteroatoms. The highest BCUT2D eigenvalue weighted by Gasteiger charge is 2.24. The Morgan fingerprint density at radius 2 is 2.25 bits per heavy atom. The van der Waals surface area contributed by atoms with Crippen molar-refractivity contribution in [2.45, 2.75) is 45.3 Å². The van der Waals surface area contributed by atoms with Crippen molar-refractivity contribution in [2.75, 3.05) is 13.7 Å². The lowest BCUT2D eigenvalue weighted by Gasteiger charge is -2.28. The lowest BCUT2D eigenvalue weighted by atomic mass is 9.95. The van der Waals surface area contributed by atoms with Crippen LogP contribution in [0.1, 0.15) is 45.2 Å². The van der Waals surface area contributed by atoms with Crippen molar-refractivity contribution in [2.24, 2.45) is 0 Å². The minimum absolute atomic E-state index is 0.122. The fourth-order valence-electron chi connectivity index (χ4n) is 1.67. The van der Waals surface area contributed by atoms with E-state index in [1.165, 1.54) is 5.56 Å². The molecule has 1 rings (SSSR count). The number of nitrogens with one attached hydrogen (secondary N) is 1. The van der Waals surface area contributed by atoms with E-state index < -0.39 is 0 Å². The van der Waals surface area contributed by atoms with Gasteiger partial charge in [0.15, 0.2) is 0 Å². The van der Waals surface area contributed by atoms with Crippen LogP contribution >= 0.6 is 0 Å². The Kier molecular flexibility index (Phi) is 5.03. The summed E-state index contributed by atoms with van der Waals surface area (Å²) >= 11 is 0. The van der Waals surface area contributed by atoms with E-state index in [0.29, 0.717) is 6.04 Å². The highest BCUT2D eigenvalue weighted by molar-refractivity contribution is 5.12. The van der Waals surface area contributed by atoms with Gasteiger partial charge in [-0.15, -0.1) is 0 Å². The van der Waals surface area contributed by atoms with Crippen LogP contribution in [0.2, 0.25) is 0 Å². The van der Waals surface area contributed by atoms with E-state index in [1.54, 1.807) is 19.6 Å². The molecule has 1 atom stereocenters. The first-order valence-corrected chi connectivity index (χ1v) is 5.89. The molecule has 92 valence electrons. The van der Waals surface area contributed by atoms with Crippen molar-refractivity contribution in [1.82, 2.24) is 5.32 Å². The standard InChI is InChI=1S/C13H23NO2/c1-5-7-14-12(9-13(2,3)15-4)11-6-8-16-10-11/h6,8,10,12,14H,5,7,9H2,1-4H3. The molecule has 0 amide bonds. The van der Waals surface area contributed by atoms with E-state index in [0.717, 1.165) is 19.4 Å². The molecule has 0 spiro atoms. The van der Waals surface area contributed by atoms with Gasteiger partial charge in [-0.05, 0) is 39.3 Å². The van der Waals surface area contributed by atoms with Gasteiger partial charge in [-0.3, -0.25) is 0 Å². The molecule has 0 aromatic carbocycles. The minimum atomic E-state index is -0.122. The van der Waals surface area contributed by atoms with Gasteiger partial charge in [-0.2, -0.15) is 0 Å². The molecule has 0 aliphatic heterocycles. The third kappa shape index (κ3) is 3.99. The van der Waals surface area contributed by atoms with E-state index in [2.05, 4.69) is 26.1 Å². The molecule has 3 nitrogen and oxygen atoms in total. The molecule has 1 N–H and O–H groups in total. The largest absolute Gasteiger partial charge is 0.472 e. The van der Waals surface area contributed by atoms with Gasteiger partial charge in [-0.1, -0.05) is 6.92 Å². The number of furan rings is 1. The van der Waals surface area contributed by atoms with Crippen LogP contribution in [0.3, 0.4) is 0 Å². The summed E-state index contributed by atoms with van der Waals surface area (Å²) in [5.74, 6) is 0. The van der Waals surface area contributed by atoms with E-state index in [4.69, 9.17) is 9.15 Å². The second kappa shape index (κ2) is 6.06. The number of rotatable bonds is 7. The first-order valence-electron chi connectivity index (χ1n) is 5.89.